The number of anilines is 1. The molecule has 0 aromatic heterocycles. The zero-order chi connectivity index (χ0) is 23.9. The predicted molar refractivity (Wildman–Crippen MR) is 137 cm³/mol. The van der Waals surface area contributed by atoms with Crippen molar-refractivity contribution in [3.05, 3.63) is 100 Å². The van der Waals surface area contributed by atoms with Crippen LogP contribution < -0.4 is 10.6 Å². The fourth-order valence-electron chi connectivity index (χ4n) is 4.28. The molecule has 3 aromatic carbocycles. The first-order valence-corrected chi connectivity index (χ1v) is 12.2. The van der Waals surface area contributed by atoms with Gasteiger partial charge in [-0.25, -0.2) is 4.79 Å². The molecule has 1 fully saturated rings. The number of piperidine rings is 1. The van der Waals surface area contributed by atoms with Crippen LogP contribution in [0.5, 0.6) is 0 Å². The second-order valence-corrected chi connectivity index (χ2v) is 9.14. The number of nitrogens with one attached hydrogen (secondary N) is 2. The summed E-state index contributed by atoms with van der Waals surface area (Å²) in [6, 6.07) is 23.1. The predicted octanol–water partition coefficient (Wildman–Crippen LogP) is 6.24. The number of rotatable bonds is 6. The summed E-state index contributed by atoms with van der Waals surface area (Å²) < 4.78 is 0. The van der Waals surface area contributed by atoms with Crippen molar-refractivity contribution in [2.24, 2.45) is 0 Å². The van der Waals surface area contributed by atoms with E-state index < -0.39 is 0 Å². The number of hydrogen-bond acceptors (Lipinski definition) is 2. The lowest BCUT2D eigenvalue weighted by molar-refractivity contribution is 0.0950. The third-order valence-electron chi connectivity index (χ3n) is 6.31. The maximum Gasteiger partial charge on any atom is 0.321 e. The molecule has 1 saturated heterocycles. The quantitative estimate of drug-likeness (QED) is 0.443. The number of carbonyl (C=O) groups excluding carboxylic acids is 2. The fourth-order valence-corrected chi connectivity index (χ4v) is 4.41. The van der Waals surface area contributed by atoms with Gasteiger partial charge < -0.3 is 15.5 Å². The minimum atomic E-state index is -0.116. The van der Waals surface area contributed by atoms with E-state index in [0.717, 1.165) is 36.1 Å². The Hall–Kier alpha value is -3.31. The molecule has 4 rings (SSSR count). The lowest BCUT2D eigenvalue weighted by atomic mass is 9.89. The van der Waals surface area contributed by atoms with Crippen molar-refractivity contribution in [3.63, 3.8) is 0 Å². The van der Waals surface area contributed by atoms with Gasteiger partial charge in [-0.3, -0.25) is 4.79 Å². The molecule has 5 nitrogen and oxygen atoms in total. The first-order valence-electron chi connectivity index (χ1n) is 11.8. The van der Waals surface area contributed by atoms with Gasteiger partial charge in [0.05, 0.1) is 0 Å². The molecule has 6 heteroatoms. The number of aryl methyl sites for hydroxylation is 1. The van der Waals surface area contributed by atoms with Gasteiger partial charge in [-0.15, -0.1) is 0 Å². The summed E-state index contributed by atoms with van der Waals surface area (Å²) in [6.07, 6.45) is 2.91. The third kappa shape index (κ3) is 6.17. The van der Waals surface area contributed by atoms with Crippen molar-refractivity contribution in [1.82, 2.24) is 10.2 Å². The van der Waals surface area contributed by atoms with E-state index in [-0.39, 0.29) is 17.9 Å². The zero-order valence-electron chi connectivity index (χ0n) is 19.4. The van der Waals surface area contributed by atoms with E-state index in [4.69, 9.17) is 11.6 Å². The number of likely N-dealkylation sites (tertiary alicyclic amines) is 1. The van der Waals surface area contributed by atoms with Gasteiger partial charge in [-0.1, -0.05) is 54.9 Å². The van der Waals surface area contributed by atoms with Crippen LogP contribution in [0, 0.1) is 0 Å². The topological polar surface area (TPSA) is 61.4 Å². The maximum absolute atomic E-state index is 12.8. The highest BCUT2D eigenvalue weighted by atomic mass is 35.5. The first kappa shape index (κ1) is 23.8. The Balaban J connectivity index is 1.36. The normalized spacial score (nSPS) is 15.6. The van der Waals surface area contributed by atoms with Crippen molar-refractivity contribution in [2.75, 3.05) is 18.4 Å². The Labute approximate surface area is 206 Å². The van der Waals surface area contributed by atoms with Crippen LogP contribution in [0.1, 0.15) is 52.7 Å². The highest BCUT2D eigenvalue weighted by Gasteiger charge is 2.25. The van der Waals surface area contributed by atoms with Crippen LogP contribution in [0.15, 0.2) is 72.8 Å². The Morgan fingerprint density at radius 2 is 1.74 bits per heavy atom. The molecule has 0 bridgehead atoms. The van der Waals surface area contributed by atoms with Crippen LogP contribution in [0.2, 0.25) is 5.02 Å². The molecule has 3 amide bonds. The largest absolute Gasteiger partial charge is 0.348 e. The number of hydrogen-bond donors (Lipinski definition) is 2. The second kappa shape index (κ2) is 11.2. The van der Waals surface area contributed by atoms with E-state index in [1.807, 2.05) is 29.2 Å². The first-order chi connectivity index (χ1) is 16.5. The average molecular weight is 476 g/mol. The summed E-state index contributed by atoms with van der Waals surface area (Å²) >= 11 is 5.93. The van der Waals surface area contributed by atoms with E-state index >= 15 is 0 Å². The summed E-state index contributed by atoms with van der Waals surface area (Å²) in [6.45, 7) is 3.96. The van der Waals surface area contributed by atoms with Gasteiger partial charge in [0.2, 0.25) is 0 Å². The number of amides is 3. The standard InChI is InChI=1S/C28H30ClN3O2/c1-2-20-8-10-21(11-9-20)18-30-27(33)23-6-3-5-22(17-23)24-7-4-16-32(19-24)28(34)31-26-14-12-25(29)13-15-26/h3,5-6,8-15,17,24H,2,4,7,16,18-19H2,1H3,(H,30,33)(H,31,34)/t24-/m1/s1. The zero-order valence-corrected chi connectivity index (χ0v) is 20.1. The minimum Gasteiger partial charge on any atom is -0.348 e. The van der Waals surface area contributed by atoms with Gasteiger partial charge in [-0.2, -0.15) is 0 Å². The molecule has 0 radical (unpaired) electrons. The fraction of sp³-hybridized carbons (Fsp3) is 0.286. The van der Waals surface area contributed by atoms with E-state index in [1.165, 1.54) is 5.56 Å². The second-order valence-electron chi connectivity index (χ2n) is 8.70. The molecule has 1 atom stereocenters. The summed E-state index contributed by atoms with van der Waals surface area (Å²) in [5, 5.41) is 6.60. The Morgan fingerprint density at radius 3 is 2.47 bits per heavy atom. The molecule has 3 aromatic rings. The average Bonchev–Trinajstić information content (AvgIpc) is 2.89. The number of carbonyl (C=O) groups is 2. The van der Waals surface area contributed by atoms with E-state index in [0.29, 0.717) is 30.2 Å². The SMILES string of the molecule is CCc1ccc(CNC(=O)c2cccc([C@@H]3CCCN(C(=O)Nc4ccc(Cl)cc4)C3)c2)cc1. The molecule has 1 heterocycles. The molecule has 34 heavy (non-hydrogen) atoms. The van der Waals surface area contributed by atoms with Gasteiger partial charge in [-0.05, 0) is 72.4 Å². The molecule has 0 unspecified atom stereocenters. The molecule has 1 aliphatic heterocycles. The van der Waals surface area contributed by atoms with Crippen molar-refractivity contribution >= 4 is 29.2 Å². The smallest absolute Gasteiger partial charge is 0.321 e. The van der Waals surface area contributed by atoms with Gasteiger partial charge in [0.15, 0.2) is 0 Å². The van der Waals surface area contributed by atoms with Gasteiger partial charge >= 0.3 is 6.03 Å². The van der Waals surface area contributed by atoms with Crippen LogP contribution in [0.3, 0.4) is 0 Å². The van der Waals surface area contributed by atoms with Gasteiger partial charge in [0.25, 0.3) is 5.91 Å². The number of benzene rings is 3. The molecular formula is C28H30ClN3O2. The molecule has 1 aliphatic rings. The van der Waals surface area contributed by atoms with Crippen molar-refractivity contribution in [3.8, 4) is 0 Å². The monoisotopic (exact) mass is 475 g/mol. The Morgan fingerprint density at radius 1 is 1.00 bits per heavy atom. The van der Waals surface area contributed by atoms with Gasteiger partial charge in [0, 0.05) is 41.8 Å². The minimum absolute atomic E-state index is 0.0884. The highest BCUT2D eigenvalue weighted by Crippen LogP contribution is 2.28. The van der Waals surface area contributed by atoms with Crippen LogP contribution in [-0.2, 0) is 13.0 Å². The molecule has 0 spiro atoms. The molecule has 2 N–H and O–H groups in total. The molecule has 176 valence electrons. The van der Waals surface area contributed by atoms with E-state index in [1.54, 1.807) is 24.3 Å². The molecule has 0 saturated carbocycles. The maximum atomic E-state index is 12.8. The summed E-state index contributed by atoms with van der Waals surface area (Å²) in [7, 11) is 0. The number of urea groups is 1. The number of nitrogens with zero attached hydrogens (tertiary/aromatic N) is 1. The summed E-state index contributed by atoms with van der Waals surface area (Å²) in [4.78, 5) is 27.4. The third-order valence-corrected chi connectivity index (χ3v) is 6.56. The van der Waals surface area contributed by atoms with Crippen LogP contribution in [0.25, 0.3) is 0 Å². The van der Waals surface area contributed by atoms with Gasteiger partial charge in [0.1, 0.15) is 0 Å². The molecular weight excluding hydrogens is 446 g/mol. The lowest BCUT2D eigenvalue weighted by Crippen LogP contribution is -2.41. The summed E-state index contributed by atoms with van der Waals surface area (Å²) in [5.74, 6) is 0.105. The Bertz CT molecular complexity index is 1130. The van der Waals surface area contributed by atoms with Crippen LogP contribution in [-0.4, -0.2) is 29.9 Å². The molecule has 0 aliphatic carbocycles. The Kier molecular flexibility index (Phi) is 7.86. The summed E-state index contributed by atoms with van der Waals surface area (Å²) in [5.41, 5.74) is 4.82. The lowest BCUT2D eigenvalue weighted by Gasteiger charge is -2.33. The van der Waals surface area contributed by atoms with Crippen LogP contribution in [0.4, 0.5) is 10.5 Å². The van der Waals surface area contributed by atoms with E-state index in [9.17, 15) is 9.59 Å². The van der Waals surface area contributed by atoms with Crippen molar-refractivity contribution in [2.45, 2.75) is 38.6 Å². The van der Waals surface area contributed by atoms with E-state index in [2.05, 4.69) is 41.8 Å². The number of halogens is 1. The van der Waals surface area contributed by atoms with Crippen molar-refractivity contribution in [1.29, 1.82) is 0 Å². The van der Waals surface area contributed by atoms with Crippen molar-refractivity contribution < 1.29 is 9.59 Å². The highest BCUT2D eigenvalue weighted by molar-refractivity contribution is 6.30. The van der Waals surface area contributed by atoms with Crippen LogP contribution >= 0.6 is 11.6 Å².